The van der Waals surface area contributed by atoms with Crippen LogP contribution in [-0.2, 0) is 0 Å². The fourth-order valence-corrected chi connectivity index (χ4v) is 2.71. The van der Waals surface area contributed by atoms with Crippen LogP contribution in [0.25, 0.3) is 0 Å². The van der Waals surface area contributed by atoms with E-state index in [9.17, 15) is 0 Å². The SMILES string of the molecule is Clc1ccc2c(c1)[C@@H]1CNCC[C@H]1N2. The number of hydrogen-bond acceptors (Lipinski definition) is 2. The van der Waals surface area contributed by atoms with E-state index in [0.717, 1.165) is 18.1 Å². The van der Waals surface area contributed by atoms with Crippen LogP contribution < -0.4 is 10.6 Å². The molecule has 74 valence electrons. The molecule has 0 aliphatic carbocycles. The second-order valence-electron chi connectivity index (χ2n) is 4.08. The molecule has 2 atom stereocenters. The molecule has 3 heteroatoms. The van der Waals surface area contributed by atoms with Crippen LogP contribution in [0.2, 0.25) is 5.02 Å². The summed E-state index contributed by atoms with van der Waals surface area (Å²) in [6.07, 6.45) is 1.21. The number of piperidine rings is 1. The van der Waals surface area contributed by atoms with Gasteiger partial charge in [-0.3, -0.25) is 0 Å². The van der Waals surface area contributed by atoms with Gasteiger partial charge >= 0.3 is 0 Å². The molecule has 2 aliphatic rings. The van der Waals surface area contributed by atoms with Gasteiger partial charge in [-0.1, -0.05) is 11.6 Å². The zero-order valence-corrected chi connectivity index (χ0v) is 8.64. The third-order valence-corrected chi connectivity index (χ3v) is 3.47. The van der Waals surface area contributed by atoms with E-state index < -0.39 is 0 Å². The van der Waals surface area contributed by atoms with E-state index in [2.05, 4.69) is 22.8 Å². The molecule has 0 spiro atoms. The molecule has 2 N–H and O–H groups in total. The normalized spacial score (nSPS) is 29.2. The number of halogens is 1. The van der Waals surface area contributed by atoms with E-state index >= 15 is 0 Å². The minimum absolute atomic E-state index is 0.609. The predicted molar refractivity (Wildman–Crippen MR) is 59.1 cm³/mol. The first kappa shape index (κ1) is 8.57. The molecule has 2 aliphatic heterocycles. The monoisotopic (exact) mass is 208 g/mol. The summed E-state index contributed by atoms with van der Waals surface area (Å²) in [6.45, 7) is 2.20. The Kier molecular flexibility index (Phi) is 1.92. The van der Waals surface area contributed by atoms with Crippen LogP contribution in [0.3, 0.4) is 0 Å². The summed E-state index contributed by atoms with van der Waals surface area (Å²) in [6, 6.07) is 6.76. The van der Waals surface area contributed by atoms with E-state index in [1.165, 1.54) is 17.7 Å². The second-order valence-corrected chi connectivity index (χ2v) is 4.52. The first-order valence-corrected chi connectivity index (χ1v) is 5.49. The molecule has 0 amide bonds. The smallest absolute Gasteiger partial charge is 0.0410 e. The van der Waals surface area contributed by atoms with Gasteiger partial charge in [-0.05, 0) is 36.7 Å². The lowest BCUT2D eigenvalue weighted by atomic mass is 9.91. The summed E-state index contributed by atoms with van der Waals surface area (Å²) < 4.78 is 0. The lowest BCUT2D eigenvalue weighted by Gasteiger charge is -2.26. The van der Waals surface area contributed by atoms with Gasteiger partial charge in [0.25, 0.3) is 0 Å². The summed E-state index contributed by atoms with van der Waals surface area (Å²) in [4.78, 5) is 0. The van der Waals surface area contributed by atoms with Crippen LogP contribution in [0, 0.1) is 0 Å². The van der Waals surface area contributed by atoms with E-state index in [0.29, 0.717) is 12.0 Å². The van der Waals surface area contributed by atoms with Crippen LogP contribution in [-0.4, -0.2) is 19.1 Å². The maximum absolute atomic E-state index is 6.01. The Morgan fingerprint density at radius 3 is 3.21 bits per heavy atom. The minimum Gasteiger partial charge on any atom is -0.381 e. The summed E-state index contributed by atoms with van der Waals surface area (Å²) >= 11 is 6.01. The Morgan fingerprint density at radius 2 is 2.29 bits per heavy atom. The van der Waals surface area contributed by atoms with Crippen molar-refractivity contribution < 1.29 is 0 Å². The van der Waals surface area contributed by atoms with Gasteiger partial charge in [-0.25, -0.2) is 0 Å². The molecular weight excluding hydrogens is 196 g/mol. The molecule has 14 heavy (non-hydrogen) atoms. The molecule has 1 aromatic rings. The molecule has 1 fully saturated rings. The number of fused-ring (bicyclic) bond motifs is 3. The molecular formula is C11H13ClN2. The molecule has 0 radical (unpaired) electrons. The Labute approximate surface area is 88.6 Å². The molecule has 1 saturated heterocycles. The van der Waals surface area contributed by atoms with E-state index in [1.54, 1.807) is 0 Å². The molecule has 1 aromatic carbocycles. The van der Waals surface area contributed by atoms with Gasteiger partial charge in [0, 0.05) is 29.2 Å². The predicted octanol–water partition coefficient (Wildman–Crippen LogP) is 2.21. The van der Waals surface area contributed by atoms with Crippen molar-refractivity contribution in [3.8, 4) is 0 Å². The zero-order valence-electron chi connectivity index (χ0n) is 7.89. The summed E-state index contributed by atoms with van der Waals surface area (Å²) in [5, 5.41) is 7.84. The average molecular weight is 209 g/mol. The largest absolute Gasteiger partial charge is 0.381 e. The van der Waals surface area contributed by atoms with Crippen LogP contribution in [0.5, 0.6) is 0 Å². The Balaban J connectivity index is 2.02. The third-order valence-electron chi connectivity index (χ3n) is 3.24. The summed E-state index contributed by atoms with van der Waals surface area (Å²) in [7, 11) is 0. The van der Waals surface area contributed by atoms with Crippen molar-refractivity contribution in [2.75, 3.05) is 18.4 Å². The van der Waals surface area contributed by atoms with Crippen LogP contribution in [0.15, 0.2) is 18.2 Å². The number of hydrogen-bond donors (Lipinski definition) is 2. The van der Waals surface area contributed by atoms with Gasteiger partial charge in [-0.2, -0.15) is 0 Å². The maximum atomic E-state index is 6.01. The fourth-order valence-electron chi connectivity index (χ4n) is 2.53. The van der Waals surface area contributed by atoms with E-state index in [4.69, 9.17) is 11.6 Å². The van der Waals surface area contributed by atoms with Gasteiger partial charge in [0.2, 0.25) is 0 Å². The minimum atomic E-state index is 0.609. The maximum Gasteiger partial charge on any atom is 0.0410 e. The lowest BCUT2D eigenvalue weighted by Crippen LogP contribution is -2.38. The molecule has 0 saturated carbocycles. The molecule has 2 heterocycles. The fraction of sp³-hybridized carbons (Fsp3) is 0.455. The number of anilines is 1. The molecule has 0 bridgehead atoms. The molecule has 0 aromatic heterocycles. The van der Waals surface area contributed by atoms with Crippen molar-refractivity contribution in [1.29, 1.82) is 0 Å². The number of benzene rings is 1. The van der Waals surface area contributed by atoms with Crippen molar-refractivity contribution >= 4 is 17.3 Å². The highest BCUT2D eigenvalue weighted by Crippen LogP contribution is 2.39. The highest BCUT2D eigenvalue weighted by molar-refractivity contribution is 6.30. The standard InChI is InChI=1S/C11H13ClN2/c12-7-1-2-10-8(5-7)9-6-13-4-3-11(9)14-10/h1-2,5,9,11,13-14H,3-4,6H2/t9-,11+/m0/s1. The van der Waals surface area contributed by atoms with Crippen molar-refractivity contribution in [3.05, 3.63) is 28.8 Å². The van der Waals surface area contributed by atoms with Gasteiger partial charge < -0.3 is 10.6 Å². The Bertz CT molecular complexity index is 364. The first-order valence-electron chi connectivity index (χ1n) is 5.11. The van der Waals surface area contributed by atoms with Crippen LogP contribution in [0.4, 0.5) is 5.69 Å². The third kappa shape index (κ3) is 1.22. The van der Waals surface area contributed by atoms with Crippen molar-refractivity contribution in [1.82, 2.24) is 5.32 Å². The highest BCUT2D eigenvalue weighted by Gasteiger charge is 2.33. The topological polar surface area (TPSA) is 24.1 Å². The second kappa shape index (κ2) is 3.14. The zero-order chi connectivity index (χ0) is 9.54. The van der Waals surface area contributed by atoms with Gasteiger partial charge in [0.15, 0.2) is 0 Å². The summed E-state index contributed by atoms with van der Waals surface area (Å²) in [5.41, 5.74) is 2.66. The quantitative estimate of drug-likeness (QED) is 0.683. The van der Waals surface area contributed by atoms with Gasteiger partial charge in [0.1, 0.15) is 0 Å². The lowest BCUT2D eigenvalue weighted by molar-refractivity contribution is 0.440. The van der Waals surface area contributed by atoms with Crippen molar-refractivity contribution in [2.24, 2.45) is 0 Å². The van der Waals surface area contributed by atoms with Crippen molar-refractivity contribution in [3.63, 3.8) is 0 Å². The van der Waals surface area contributed by atoms with Crippen molar-refractivity contribution in [2.45, 2.75) is 18.4 Å². The number of rotatable bonds is 0. The summed E-state index contributed by atoms with van der Waals surface area (Å²) in [5.74, 6) is 0.609. The Hall–Kier alpha value is -0.730. The highest BCUT2D eigenvalue weighted by atomic mass is 35.5. The molecule has 3 rings (SSSR count). The van der Waals surface area contributed by atoms with Crippen LogP contribution in [0.1, 0.15) is 17.9 Å². The van der Waals surface area contributed by atoms with E-state index in [-0.39, 0.29) is 0 Å². The van der Waals surface area contributed by atoms with E-state index in [1.807, 2.05) is 6.07 Å². The Morgan fingerprint density at radius 1 is 1.36 bits per heavy atom. The first-order chi connectivity index (χ1) is 6.84. The van der Waals surface area contributed by atoms with Crippen LogP contribution >= 0.6 is 11.6 Å². The van der Waals surface area contributed by atoms with Gasteiger partial charge in [-0.15, -0.1) is 0 Å². The molecule has 0 unspecified atom stereocenters. The average Bonchev–Trinajstić information content (AvgIpc) is 2.56. The van der Waals surface area contributed by atoms with Gasteiger partial charge in [0.05, 0.1) is 0 Å². The molecule has 2 nitrogen and oxygen atoms in total. The number of nitrogens with one attached hydrogen (secondary N) is 2.